The predicted molar refractivity (Wildman–Crippen MR) is 112 cm³/mol. The number of hydrogen-bond acceptors (Lipinski definition) is 5. The zero-order valence-corrected chi connectivity index (χ0v) is 17.2. The highest BCUT2D eigenvalue weighted by atomic mass is 35.5. The normalized spacial score (nSPS) is 25.9. The summed E-state index contributed by atoms with van der Waals surface area (Å²) in [6.45, 7) is 4.32. The maximum atomic E-state index is 10.0. The summed E-state index contributed by atoms with van der Waals surface area (Å²) in [6, 6.07) is 13.2. The van der Waals surface area contributed by atoms with Crippen LogP contribution in [0.1, 0.15) is 43.7 Å². The van der Waals surface area contributed by atoms with Crippen LogP contribution in [0.2, 0.25) is 5.02 Å². The highest BCUT2D eigenvalue weighted by Crippen LogP contribution is 2.50. The molecule has 2 aliphatic heterocycles. The number of phenolic OH excluding ortho intramolecular Hbond substituents is 1. The second-order valence-corrected chi connectivity index (χ2v) is 9.06. The summed E-state index contributed by atoms with van der Waals surface area (Å²) < 4.78 is 6.46. The summed E-state index contributed by atoms with van der Waals surface area (Å²) in [4.78, 5) is 4.94. The van der Waals surface area contributed by atoms with E-state index in [9.17, 15) is 5.11 Å². The monoisotopic (exact) mass is 402 g/mol. The van der Waals surface area contributed by atoms with Gasteiger partial charge in [-0.2, -0.15) is 0 Å². The first kappa shape index (κ1) is 18.5. The van der Waals surface area contributed by atoms with E-state index in [1.165, 1.54) is 0 Å². The Balaban J connectivity index is 1.87. The van der Waals surface area contributed by atoms with Gasteiger partial charge < -0.3 is 15.2 Å². The number of benzene rings is 2. The van der Waals surface area contributed by atoms with E-state index in [1.807, 2.05) is 30.5 Å². The van der Waals surface area contributed by atoms with Crippen LogP contribution >= 0.6 is 23.4 Å². The Bertz CT molecular complexity index is 915. The fourth-order valence-electron chi connectivity index (χ4n) is 4.16. The average molecular weight is 403 g/mol. The molecule has 0 unspecified atom stereocenters. The second-order valence-electron chi connectivity index (χ2n) is 7.86. The van der Waals surface area contributed by atoms with Gasteiger partial charge in [0.05, 0.1) is 0 Å². The van der Waals surface area contributed by atoms with Crippen molar-refractivity contribution in [1.82, 2.24) is 5.32 Å². The number of amidine groups is 1. The molecule has 0 saturated carbocycles. The van der Waals surface area contributed by atoms with Gasteiger partial charge in [-0.3, -0.25) is 0 Å². The molecule has 0 bridgehead atoms. The summed E-state index contributed by atoms with van der Waals surface area (Å²) >= 11 is 8.14. The van der Waals surface area contributed by atoms with Gasteiger partial charge in [0.1, 0.15) is 11.5 Å². The first-order valence-corrected chi connectivity index (χ1v) is 10.6. The molecule has 0 amide bonds. The third kappa shape index (κ3) is 3.50. The van der Waals surface area contributed by atoms with Crippen LogP contribution in [0.15, 0.2) is 47.5 Å². The van der Waals surface area contributed by atoms with Gasteiger partial charge in [0.25, 0.3) is 0 Å². The molecule has 2 aromatic carbocycles. The molecule has 2 aromatic rings. The number of aromatic hydroxyl groups is 1. The summed E-state index contributed by atoms with van der Waals surface area (Å²) in [6.07, 6.45) is 3.43. The average Bonchev–Trinajstić information content (AvgIpc) is 2.59. The van der Waals surface area contributed by atoms with Crippen LogP contribution in [0.3, 0.4) is 0 Å². The number of phenols is 1. The van der Waals surface area contributed by atoms with Gasteiger partial charge >= 0.3 is 0 Å². The zero-order chi connectivity index (χ0) is 19.2. The van der Waals surface area contributed by atoms with E-state index < -0.39 is 5.72 Å². The lowest BCUT2D eigenvalue weighted by Crippen LogP contribution is -2.56. The summed E-state index contributed by atoms with van der Waals surface area (Å²) in [5, 5.41) is 15.1. The van der Waals surface area contributed by atoms with E-state index in [-0.39, 0.29) is 17.2 Å². The molecule has 4 rings (SSSR count). The lowest BCUT2D eigenvalue weighted by Gasteiger charge is -2.47. The lowest BCUT2D eigenvalue weighted by atomic mass is 9.77. The van der Waals surface area contributed by atoms with E-state index in [0.29, 0.717) is 12.2 Å². The number of hydrogen-bond donors (Lipinski definition) is 2. The highest BCUT2D eigenvalue weighted by Gasteiger charge is 2.48. The Hall–Kier alpha value is -1.85. The van der Waals surface area contributed by atoms with Gasteiger partial charge in [0, 0.05) is 41.0 Å². The van der Waals surface area contributed by atoms with E-state index in [2.05, 4.69) is 25.2 Å². The molecule has 6 heteroatoms. The first-order valence-electron chi connectivity index (χ1n) is 8.99. The zero-order valence-electron chi connectivity index (χ0n) is 15.6. The van der Waals surface area contributed by atoms with Crippen molar-refractivity contribution in [3.63, 3.8) is 0 Å². The molecule has 2 aliphatic rings. The van der Waals surface area contributed by atoms with Crippen LogP contribution in [0.5, 0.6) is 11.5 Å². The predicted octanol–water partition coefficient (Wildman–Crippen LogP) is 5.15. The van der Waals surface area contributed by atoms with E-state index in [4.69, 9.17) is 21.3 Å². The lowest BCUT2D eigenvalue weighted by molar-refractivity contribution is 0.0134. The Morgan fingerprint density at radius 2 is 2.00 bits per heavy atom. The Labute approximate surface area is 169 Å². The van der Waals surface area contributed by atoms with Gasteiger partial charge in [-0.1, -0.05) is 47.6 Å². The van der Waals surface area contributed by atoms with E-state index >= 15 is 0 Å². The number of ether oxygens (including phenoxy) is 1. The van der Waals surface area contributed by atoms with Crippen LogP contribution in [-0.4, -0.2) is 27.8 Å². The molecule has 2 atom stereocenters. The van der Waals surface area contributed by atoms with Crippen molar-refractivity contribution < 1.29 is 9.84 Å². The van der Waals surface area contributed by atoms with E-state index in [0.717, 1.165) is 27.7 Å². The summed E-state index contributed by atoms with van der Waals surface area (Å²) in [5.41, 5.74) is 1.24. The molecule has 0 aromatic heterocycles. The molecular weight excluding hydrogens is 380 g/mol. The SMILES string of the molecule is CSC1=N[C@]2(C[C@H](c3ccccc3Cl)c3ccc(O)cc3O2)CC(C)(C)N1. The van der Waals surface area contributed by atoms with Crippen LogP contribution in [0.4, 0.5) is 0 Å². The fourth-order valence-corrected chi connectivity index (χ4v) is 5.06. The number of halogens is 1. The number of nitrogens with one attached hydrogen (secondary N) is 1. The van der Waals surface area contributed by atoms with Crippen molar-refractivity contribution in [2.75, 3.05) is 6.26 Å². The van der Waals surface area contributed by atoms with Crippen LogP contribution in [0.25, 0.3) is 0 Å². The van der Waals surface area contributed by atoms with Crippen molar-refractivity contribution in [2.24, 2.45) is 4.99 Å². The minimum Gasteiger partial charge on any atom is -0.508 e. The molecule has 27 heavy (non-hydrogen) atoms. The van der Waals surface area contributed by atoms with Crippen LogP contribution in [0, 0.1) is 0 Å². The standard InChI is InChI=1S/C21H23ClN2O2S/c1-20(2)12-21(24-19(23-20)27-3)11-16(14-6-4-5-7-17(14)22)15-9-8-13(25)10-18(15)26-21/h4-10,16,25H,11-12H2,1-3H3,(H,23,24)/t16-,21+/m1/s1. The highest BCUT2D eigenvalue weighted by molar-refractivity contribution is 8.13. The molecule has 0 aliphatic carbocycles. The third-order valence-corrected chi connectivity index (χ3v) is 6.06. The van der Waals surface area contributed by atoms with Crippen molar-refractivity contribution in [3.05, 3.63) is 58.6 Å². The number of nitrogens with zero attached hydrogens (tertiary/aromatic N) is 1. The minimum absolute atomic E-state index is 0.0452. The summed E-state index contributed by atoms with van der Waals surface area (Å²) in [5.74, 6) is 0.905. The molecule has 142 valence electrons. The maximum Gasteiger partial charge on any atom is 0.206 e. The van der Waals surface area contributed by atoms with E-state index in [1.54, 1.807) is 23.9 Å². The number of thioether (sulfide) groups is 1. The van der Waals surface area contributed by atoms with Gasteiger partial charge in [0.15, 0.2) is 5.17 Å². The van der Waals surface area contributed by atoms with Gasteiger partial charge in [-0.15, -0.1) is 0 Å². The first-order chi connectivity index (χ1) is 12.8. The fraction of sp³-hybridized carbons (Fsp3) is 0.381. The molecule has 1 spiro atoms. The smallest absolute Gasteiger partial charge is 0.206 e. The Kier molecular flexibility index (Phi) is 4.55. The molecule has 0 saturated heterocycles. The maximum absolute atomic E-state index is 10.0. The van der Waals surface area contributed by atoms with Crippen molar-refractivity contribution in [2.45, 2.75) is 43.9 Å². The minimum atomic E-state index is -0.697. The van der Waals surface area contributed by atoms with Crippen LogP contribution in [-0.2, 0) is 0 Å². The van der Waals surface area contributed by atoms with Gasteiger partial charge in [-0.25, -0.2) is 4.99 Å². The molecule has 2 heterocycles. The van der Waals surface area contributed by atoms with Gasteiger partial charge in [-0.05, 0) is 37.8 Å². The Morgan fingerprint density at radius 1 is 1.22 bits per heavy atom. The quantitative estimate of drug-likeness (QED) is 0.692. The van der Waals surface area contributed by atoms with Crippen molar-refractivity contribution in [3.8, 4) is 11.5 Å². The van der Waals surface area contributed by atoms with Crippen molar-refractivity contribution >= 4 is 28.5 Å². The molecule has 0 fully saturated rings. The number of aliphatic imine (C=N–C) groups is 1. The molecule has 2 N–H and O–H groups in total. The second kappa shape index (κ2) is 6.64. The largest absolute Gasteiger partial charge is 0.508 e. The molecule has 4 nitrogen and oxygen atoms in total. The summed E-state index contributed by atoms with van der Waals surface area (Å²) in [7, 11) is 0. The van der Waals surface area contributed by atoms with Crippen LogP contribution < -0.4 is 10.1 Å². The molecular formula is C21H23ClN2O2S. The third-order valence-electron chi connectivity index (χ3n) is 5.14. The number of fused-ring (bicyclic) bond motifs is 1. The Morgan fingerprint density at radius 3 is 2.74 bits per heavy atom. The number of rotatable bonds is 1. The van der Waals surface area contributed by atoms with Gasteiger partial charge in [0.2, 0.25) is 5.72 Å². The molecule has 0 radical (unpaired) electrons. The topological polar surface area (TPSA) is 53.9 Å². The van der Waals surface area contributed by atoms with Crippen molar-refractivity contribution in [1.29, 1.82) is 0 Å².